The molecule has 0 spiro atoms. The molecular formula is C17H20N2O2. The molecule has 1 aromatic carbocycles. The standard InChI is InChI=1S/C17H20N2O2/c20-16-9-11-5-6-15(16)19(17(11)21)8-7-12-10-18-14-4-2-1-3-13(12)14/h1-4,10-11,15-16,18,20H,5-9H2/t11-,15+,16+/m0/s1. The van der Waals surface area contributed by atoms with Gasteiger partial charge in [0, 0.05) is 29.6 Å². The number of H-pyrrole nitrogens is 1. The molecule has 1 aromatic heterocycles. The highest BCUT2D eigenvalue weighted by molar-refractivity contribution is 5.83. The molecule has 2 saturated heterocycles. The molecule has 1 aliphatic carbocycles. The van der Waals surface area contributed by atoms with Gasteiger partial charge < -0.3 is 15.0 Å². The van der Waals surface area contributed by atoms with E-state index in [-0.39, 0.29) is 24.0 Å². The number of aliphatic hydroxyl groups is 1. The summed E-state index contributed by atoms with van der Waals surface area (Å²) in [6.07, 6.45) is 5.10. The second kappa shape index (κ2) is 4.88. The van der Waals surface area contributed by atoms with Crippen molar-refractivity contribution in [3.8, 4) is 0 Å². The molecule has 1 amide bonds. The topological polar surface area (TPSA) is 56.3 Å². The van der Waals surface area contributed by atoms with Crippen molar-refractivity contribution < 1.29 is 9.90 Å². The number of amides is 1. The van der Waals surface area contributed by atoms with Crippen LogP contribution >= 0.6 is 0 Å². The number of nitrogens with one attached hydrogen (secondary N) is 1. The van der Waals surface area contributed by atoms with Crippen molar-refractivity contribution in [1.82, 2.24) is 9.88 Å². The zero-order chi connectivity index (χ0) is 14.4. The Hall–Kier alpha value is -1.81. The molecule has 2 N–H and O–H groups in total. The highest BCUT2D eigenvalue weighted by atomic mass is 16.3. The van der Waals surface area contributed by atoms with Crippen molar-refractivity contribution in [3.05, 3.63) is 36.0 Å². The molecule has 0 unspecified atom stereocenters. The second-order valence-corrected chi connectivity index (χ2v) is 6.29. The van der Waals surface area contributed by atoms with E-state index in [4.69, 9.17) is 0 Å². The van der Waals surface area contributed by atoms with Crippen molar-refractivity contribution in [1.29, 1.82) is 0 Å². The Balaban J connectivity index is 1.53. The fourth-order valence-electron chi connectivity index (χ4n) is 3.97. The zero-order valence-electron chi connectivity index (χ0n) is 12.0. The minimum Gasteiger partial charge on any atom is -0.391 e. The number of benzene rings is 1. The second-order valence-electron chi connectivity index (χ2n) is 6.29. The fraction of sp³-hybridized carbons (Fsp3) is 0.471. The van der Waals surface area contributed by atoms with Crippen molar-refractivity contribution in [3.63, 3.8) is 0 Å². The highest BCUT2D eigenvalue weighted by Gasteiger charge is 2.45. The van der Waals surface area contributed by atoms with E-state index >= 15 is 0 Å². The maximum atomic E-state index is 12.4. The molecule has 3 fully saturated rings. The number of hydrogen-bond acceptors (Lipinski definition) is 2. The largest absolute Gasteiger partial charge is 0.391 e. The maximum Gasteiger partial charge on any atom is 0.226 e. The summed E-state index contributed by atoms with van der Waals surface area (Å²) in [6, 6.07) is 8.27. The molecule has 3 atom stereocenters. The fourth-order valence-corrected chi connectivity index (χ4v) is 3.97. The number of carbonyl (C=O) groups is 1. The van der Waals surface area contributed by atoms with Crippen LogP contribution in [0.5, 0.6) is 0 Å². The zero-order valence-corrected chi connectivity index (χ0v) is 12.0. The third-order valence-electron chi connectivity index (χ3n) is 5.11. The first-order chi connectivity index (χ1) is 10.2. The number of aromatic amines is 1. The summed E-state index contributed by atoms with van der Waals surface area (Å²) in [5.41, 5.74) is 2.38. The quantitative estimate of drug-likeness (QED) is 0.906. The van der Waals surface area contributed by atoms with E-state index in [9.17, 15) is 9.90 Å². The Kier molecular flexibility index (Phi) is 3.00. The Morgan fingerprint density at radius 1 is 1.29 bits per heavy atom. The predicted octanol–water partition coefficient (Wildman–Crippen LogP) is 2.08. The van der Waals surface area contributed by atoms with Gasteiger partial charge in [0.15, 0.2) is 0 Å². The van der Waals surface area contributed by atoms with Gasteiger partial charge in [0.25, 0.3) is 0 Å². The van der Waals surface area contributed by atoms with Crippen LogP contribution in [0, 0.1) is 5.92 Å². The summed E-state index contributed by atoms with van der Waals surface area (Å²) in [5.74, 6) is 0.296. The molecule has 2 aromatic rings. The van der Waals surface area contributed by atoms with Gasteiger partial charge in [-0.1, -0.05) is 18.2 Å². The molecule has 5 rings (SSSR count). The van der Waals surface area contributed by atoms with Crippen molar-refractivity contribution in [2.45, 2.75) is 37.8 Å². The number of piperidine rings is 2. The van der Waals surface area contributed by atoms with Crippen molar-refractivity contribution in [2.75, 3.05) is 6.54 Å². The van der Waals surface area contributed by atoms with Crippen LogP contribution in [-0.2, 0) is 11.2 Å². The normalized spacial score (nSPS) is 28.5. The number of aromatic nitrogens is 1. The summed E-state index contributed by atoms with van der Waals surface area (Å²) in [4.78, 5) is 17.6. The lowest BCUT2D eigenvalue weighted by Gasteiger charge is -2.47. The van der Waals surface area contributed by atoms with E-state index in [1.807, 2.05) is 23.2 Å². The van der Waals surface area contributed by atoms with Gasteiger partial charge in [-0.15, -0.1) is 0 Å². The van der Waals surface area contributed by atoms with E-state index in [0.717, 1.165) is 24.8 Å². The van der Waals surface area contributed by atoms with Crippen LogP contribution in [0.3, 0.4) is 0 Å². The molecule has 2 aliphatic heterocycles. The van der Waals surface area contributed by atoms with Gasteiger partial charge in [-0.3, -0.25) is 4.79 Å². The molecule has 1 saturated carbocycles. The minimum atomic E-state index is -0.329. The molecular weight excluding hydrogens is 264 g/mol. The Labute approximate surface area is 123 Å². The van der Waals surface area contributed by atoms with E-state index in [2.05, 4.69) is 17.1 Å². The van der Waals surface area contributed by atoms with Crippen molar-refractivity contribution >= 4 is 16.8 Å². The SMILES string of the molecule is O=C1[C@H]2CC[C@H]([C@H](O)C2)N1CCc1c[nH]c2ccccc12. The number of fused-ring (bicyclic) bond motifs is 4. The van der Waals surface area contributed by atoms with E-state index < -0.39 is 0 Å². The lowest BCUT2D eigenvalue weighted by Crippen LogP contribution is -2.59. The van der Waals surface area contributed by atoms with Gasteiger partial charge in [0.2, 0.25) is 5.91 Å². The van der Waals surface area contributed by atoms with Gasteiger partial charge >= 0.3 is 0 Å². The van der Waals surface area contributed by atoms with Gasteiger partial charge in [0.05, 0.1) is 12.1 Å². The Morgan fingerprint density at radius 2 is 2.14 bits per heavy atom. The number of carbonyl (C=O) groups excluding carboxylic acids is 1. The number of rotatable bonds is 3. The lowest BCUT2D eigenvalue weighted by atomic mass is 9.77. The smallest absolute Gasteiger partial charge is 0.226 e. The average Bonchev–Trinajstić information content (AvgIpc) is 2.91. The van der Waals surface area contributed by atoms with Crippen LogP contribution in [0.4, 0.5) is 0 Å². The molecule has 0 radical (unpaired) electrons. The minimum absolute atomic E-state index is 0.0349. The summed E-state index contributed by atoms with van der Waals surface area (Å²) in [6.45, 7) is 0.707. The molecule has 4 nitrogen and oxygen atoms in total. The molecule has 110 valence electrons. The molecule has 21 heavy (non-hydrogen) atoms. The maximum absolute atomic E-state index is 12.4. The molecule has 4 heteroatoms. The summed E-state index contributed by atoms with van der Waals surface area (Å²) in [5, 5.41) is 11.3. The van der Waals surface area contributed by atoms with E-state index in [1.54, 1.807) is 0 Å². The first-order valence-electron chi connectivity index (χ1n) is 7.77. The van der Waals surface area contributed by atoms with E-state index in [0.29, 0.717) is 13.0 Å². The first-order valence-corrected chi connectivity index (χ1v) is 7.77. The molecule has 2 bridgehead atoms. The Bertz CT molecular complexity index is 678. The first kappa shape index (κ1) is 12.9. The number of aliphatic hydroxyl groups excluding tert-OH is 1. The van der Waals surface area contributed by atoms with Crippen molar-refractivity contribution in [2.24, 2.45) is 5.92 Å². The predicted molar refractivity (Wildman–Crippen MR) is 80.9 cm³/mol. The summed E-state index contributed by atoms with van der Waals surface area (Å²) in [7, 11) is 0. The summed E-state index contributed by atoms with van der Waals surface area (Å²) < 4.78 is 0. The van der Waals surface area contributed by atoms with Gasteiger partial charge in [-0.2, -0.15) is 0 Å². The van der Waals surface area contributed by atoms with Crippen LogP contribution in [0.1, 0.15) is 24.8 Å². The molecule has 3 aliphatic rings. The lowest BCUT2D eigenvalue weighted by molar-refractivity contribution is -0.156. The van der Waals surface area contributed by atoms with Crippen LogP contribution in [0.25, 0.3) is 10.9 Å². The van der Waals surface area contributed by atoms with Gasteiger partial charge in [0.1, 0.15) is 0 Å². The highest BCUT2D eigenvalue weighted by Crippen LogP contribution is 2.36. The van der Waals surface area contributed by atoms with Gasteiger partial charge in [-0.25, -0.2) is 0 Å². The van der Waals surface area contributed by atoms with Crippen LogP contribution < -0.4 is 0 Å². The van der Waals surface area contributed by atoms with Crippen LogP contribution in [-0.4, -0.2) is 39.6 Å². The van der Waals surface area contributed by atoms with Crippen LogP contribution in [0.2, 0.25) is 0 Å². The monoisotopic (exact) mass is 284 g/mol. The average molecular weight is 284 g/mol. The van der Waals surface area contributed by atoms with Gasteiger partial charge in [-0.05, 0) is 37.3 Å². The number of para-hydroxylation sites is 1. The Morgan fingerprint density at radius 3 is 3.00 bits per heavy atom. The third-order valence-corrected chi connectivity index (χ3v) is 5.11. The number of hydrogen-bond donors (Lipinski definition) is 2. The number of nitrogens with zero attached hydrogens (tertiary/aromatic N) is 1. The molecule has 3 heterocycles. The third kappa shape index (κ3) is 2.05. The summed E-state index contributed by atoms with van der Waals surface area (Å²) >= 11 is 0. The van der Waals surface area contributed by atoms with E-state index in [1.165, 1.54) is 10.9 Å². The van der Waals surface area contributed by atoms with Crippen LogP contribution in [0.15, 0.2) is 30.5 Å².